The largest absolute Gasteiger partial charge is 0.376 e. The van der Waals surface area contributed by atoms with Crippen molar-refractivity contribution in [1.82, 2.24) is 0 Å². The lowest BCUT2D eigenvalue weighted by Crippen LogP contribution is -2.34. The lowest BCUT2D eigenvalue weighted by atomic mass is 10.2. The summed E-state index contributed by atoms with van der Waals surface area (Å²) < 4.78 is 73.1. The second-order valence-corrected chi connectivity index (χ2v) is 15.8. The average molecular weight is 845 g/mol. The Hall–Kier alpha value is -3.60. The van der Waals surface area contributed by atoms with E-state index in [2.05, 4.69) is 0 Å². The van der Waals surface area contributed by atoms with Crippen molar-refractivity contribution in [3.05, 3.63) is 144 Å². The summed E-state index contributed by atoms with van der Waals surface area (Å²) in [7, 11) is 0. The van der Waals surface area contributed by atoms with E-state index in [4.69, 9.17) is 56.8 Å². The maximum atomic E-state index is 6.39. The van der Waals surface area contributed by atoms with E-state index < -0.39 is 5.79 Å². The highest BCUT2D eigenvalue weighted by Crippen LogP contribution is 2.22. The zero-order valence-electron chi connectivity index (χ0n) is 35.7. The highest BCUT2D eigenvalue weighted by molar-refractivity contribution is 5.15. The molecule has 2 saturated heterocycles. The van der Waals surface area contributed by atoms with Crippen LogP contribution in [0.5, 0.6) is 0 Å². The number of epoxide rings is 1. The average Bonchev–Trinajstić information content (AvgIpc) is 4.05. The van der Waals surface area contributed by atoms with Crippen molar-refractivity contribution in [3.63, 3.8) is 0 Å². The van der Waals surface area contributed by atoms with E-state index in [0.29, 0.717) is 79.3 Å². The highest BCUT2D eigenvalue weighted by Gasteiger charge is 2.33. The molecular weight excluding hydrogens is 781 g/mol. The van der Waals surface area contributed by atoms with Gasteiger partial charge >= 0.3 is 0 Å². The monoisotopic (exact) mass is 844 g/mol. The van der Waals surface area contributed by atoms with Crippen LogP contribution in [-0.2, 0) is 83.3 Å². The number of rotatable bonds is 32. The predicted octanol–water partition coefficient (Wildman–Crippen LogP) is 6.96. The molecule has 0 amide bonds. The highest BCUT2D eigenvalue weighted by atomic mass is 16.7. The van der Waals surface area contributed by atoms with Crippen molar-refractivity contribution >= 4 is 0 Å². The third-order valence-electron chi connectivity index (χ3n) is 9.82. The molecule has 2 aliphatic rings. The van der Waals surface area contributed by atoms with Gasteiger partial charge in [-0.2, -0.15) is 0 Å². The Morgan fingerprint density at radius 3 is 1.00 bits per heavy atom. The van der Waals surface area contributed by atoms with Crippen molar-refractivity contribution in [2.75, 3.05) is 79.3 Å². The summed E-state index contributed by atoms with van der Waals surface area (Å²) in [4.78, 5) is 0. The molecule has 6 rings (SSSR count). The second kappa shape index (κ2) is 26.8. The summed E-state index contributed by atoms with van der Waals surface area (Å²) in [6.07, 6.45) is -1.30. The van der Waals surface area contributed by atoms with Gasteiger partial charge in [0.1, 0.15) is 36.6 Å². The van der Waals surface area contributed by atoms with Gasteiger partial charge in [0.2, 0.25) is 0 Å². The molecule has 6 atom stereocenters. The van der Waals surface area contributed by atoms with Crippen LogP contribution in [0.3, 0.4) is 0 Å². The molecule has 0 aliphatic carbocycles. The molecule has 0 spiro atoms. The molecule has 0 radical (unpaired) electrons. The van der Waals surface area contributed by atoms with Crippen LogP contribution in [0.15, 0.2) is 121 Å². The molecule has 12 heteroatoms. The first-order valence-corrected chi connectivity index (χ1v) is 21.4. The van der Waals surface area contributed by atoms with E-state index in [1.165, 1.54) is 0 Å². The van der Waals surface area contributed by atoms with Crippen molar-refractivity contribution in [1.29, 1.82) is 0 Å². The standard InChI is InChI=1S/C49H64O12/c1-49(2)60-38-48(61-49)36-54-34-46(58-26-42-21-13-6-14-22-42)32-52-30-44(56-24-40-17-9-4-10-18-40)28-50-27-43(55-23-39-15-7-3-8-16-39)29-51-31-45(33-53-35-47-37-59-47)57-25-41-19-11-5-12-20-41/h3-22,43-48H,23-38H2,1-2H3. The van der Waals surface area contributed by atoms with E-state index in [0.717, 1.165) is 28.9 Å². The van der Waals surface area contributed by atoms with Crippen LogP contribution in [-0.4, -0.2) is 122 Å². The predicted molar refractivity (Wildman–Crippen MR) is 229 cm³/mol. The fraction of sp³-hybridized carbons (Fsp3) is 0.510. The second-order valence-electron chi connectivity index (χ2n) is 15.8. The fourth-order valence-corrected chi connectivity index (χ4v) is 6.39. The molecule has 2 fully saturated rings. The third kappa shape index (κ3) is 19.5. The molecule has 61 heavy (non-hydrogen) atoms. The van der Waals surface area contributed by atoms with Gasteiger partial charge in [-0.1, -0.05) is 121 Å². The molecule has 4 aromatic carbocycles. The number of hydrogen-bond donors (Lipinski definition) is 0. The Morgan fingerprint density at radius 2 is 0.721 bits per heavy atom. The van der Waals surface area contributed by atoms with Crippen molar-refractivity contribution < 1.29 is 56.8 Å². The van der Waals surface area contributed by atoms with Crippen LogP contribution in [0.4, 0.5) is 0 Å². The minimum absolute atomic E-state index is 0.139. The summed E-state index contributed by atoms with van der Waals surface area (Å²) in [6, 6.07) is 40.3. The first kappa shape index (κ1) is 46.9. The van der Waals surface area contributed by atoms with E-state index >= 15 is 0 Å². The van der Waals surface area contributed by atoms with Crippen LogP contribution in [0.1, 0.15) is 36.1 Å². The van der Waals surface area contributed by atoms with Crippen LogP contribution in [0, 0.1) is 0 Å². The van der Waals surface area contributed by atoms with Gasteiger partial charge in [-0.25, -0.2) is 0 Å². The van der Waals surface area contributed by atoms with Gasteiger partial charge in [0.05, 0.1) is 106 Å². The SMILES string of the molecule is CC1(C)OCC(COCC(COCC(COCC(COCC(COCC2CO2)OCc2ccccc2)OCc2ccccc2)OCc2ccccc2)OCc2ccccc2)O1. The molecule has 0 bridgehead atoms. The van der Waals surface area contributed by atoms with Crippen LogP contribution in [0.25, 0.3) is 0 Å². The minimum atomic E-state index is -0.612. The quantitative estimate of drug-likeness (QED) is 0.0474. The Morgan fingerprint density at radius 1 is 0.426 bits per heavy atom. The summed E-state index contributed by atoms with van der Waals surface area (Å²) in [5.74, 6) is -0.612. The molecular formula is C49H64O12. The first-order chi connectivity index (χ1) is 30.0. The Kier molecular flexibility index (Phi) is 20.6. The summed E-state index contributed by atoms with van der Waals surface area (Å²) in [5.41, 5.74) is 4.27. The third-order valence-corrected chi connectivity index (χ3v) is 9.82. The molecule has 0 saturated carbocycles. The maximum absolute atomic E-state index is 6.39. The molecule has 4 aromatic rings. The van der Waals surface area contributed by atoms with Gasteiger partial charge in [-0.05, 0) is 36.1 Å². The molecule has 6 unspecified atom stereocenters. The van der Waals surface area contributed by atoms with Gasteiger partial charge < -0.3 is 56.8 Å². The smallest absolute Gasteiger partial charge is 0.163 e. The summed E-state index contributed by atoms with van der Waals surface area (Å²) >= 11 is 0. The zero-order chi connectivity index (χ0) is 42.2. The lowest BCUT2D eigenvalue weighted by Gasteiger charge is -2.24. The molecule has 12 nitrogen and oxygen atoms in total. The Labute approximate surface area is 361 Å². The van der Waals surface area contributed by atoms with Gasteiger partial charge in [0, 0.05) is 0 Å². The van der Waals surface area contributed by atoms with E-state index in [-0.39, 0.29) is 56.4 Å². The Bertz CT molecular complexity index is 1700. The number of ether oxygens (including phenoxy) is 12. The summed E-state index contributed by atoms with van der Waals surface area (Å²) in [5, 5.41) is 0. The zero-order valence-corrected chi connectivity index (χ0v) is 35.7. The lowest BCUT2D eigenvalue weighted by molar-refractivity contribution is -0.149. The maximum Gasteiger partial charge on any atom is 0.163 e. The van der Waals surface area contributed by atoms with Crippen molar-refractivity contribution in [2.45, 2.75) is 82.7 Å². The number of benzene rings is 4. The normalized spacial score (nSPS) is 19.0. The van der Waals surface area contributed by atoms with E-state index in [1.54, 1.807) is 0 Å². The fourth-order valence-electron chi connectivity index (χ4n) is 6.39. The molecule has 2 heterocycles. The van der Waals surface area contributed by atoms with E-state index in [9.17, 15) is 0 Å². The van der Waals surface area contributed by atoms with Gasteiger partial charge in [0.25, 0.3) is 0 Å². The van der Waals surface area contributed by atoms with Crippen molar-refractivity contribution in [3.8, 4) is 0 Å². The van der Waals surface area contributed by atoms with Crippen LogP contribution in [0.2, 0.25) is 0 Å². The molecule has 2 aliphatic heterocycles. The molecule has 332 valence electrons. The van der Waals surface area contributed by atoms with Gasteiger partial charge in [-0.15, -0.1) is 0 Å². The molecule has 0 N–H and O–H groups in total. The van der Waals surface area contributed by atoms with Crippen LogP contribution < -0.4 is 0 Å². The van der Waals surface area contributed by atoms with Gasteiger partial charge in [-0.3, -0.25) is 0 Å². The summed E-state index contributed by atoms with van der Waals surface area (Å²) in [6.45, 7) is 10.2. The Balaban J connectivity index is 1.02. The number of hydrogen-bond acceptors (Lipinski definition) is 12. The molecule has 0 aromatic heterocycles. The topological polar surface area (TPSA) is 114 Å². The van der Waals surface area contributed by atoms with E-state index in [1.807, 2.05) is 135 Å². The minimum Gasteiger partial charge on any atom is -0.376 e. The first-order valence-electron chi connectivity index (χ1n) is 21.4. The van der Waals surface area contributed by atoms with Gasteiger partial charge in [0.15, 0.2) is 5.79 Å². The van der Waals surface area contributed by atoms with Crippen LogP contribution >= 0.6 is 0 Å². The van der Waals surface area contributed by atoms with Crippen molar-refractivity contribution in [2.24, 2.45) is 0 Å².